The lowest BCUT2D eigenvalue weighted by atomic mass is 9.83. The van der Waals surface area contributed by atoms with E-state index in [1.165, 1.54) is 11.1 Å². The summed E-state index contributed by atoms with van der Waals surface area (Å²) in [6.45, 7) is 2.35. The summed E-state index contributed by atoms with van der Waals surface area (Å²) in [5.74, 6) is 0.488. The first-order valence-electron chi connectivity index (χ1n) is 6.03. The van der Waals surface area contributed by atoms with Crippen LogP contribution in [-0.2, 0) is 0 Å². The van der Waals surface area contributed by atoms with E-state index in [-0.39, 0.29) is 12.5 Å². The SMILES string of the molecule is C[C@H](c1ccccc1)[C@@H](CO)c1ccccc1. The number of hydrogen-bond donors (Lipinski definition) is 1. The van der Waals surface area contributed by atoms with Crippen molar-refractivity contribution < 1.29 is 5.11 Å². The zero-order valence-electron chi connectivity index (χ0n) is 10.1. The Hall–Kier alpha value is -1.60. The third-order valence-electron chi connectivity index (χ3n) is 3.35. The molecule has 17 heavy (non-hydrogen) atoms. The first-order valence-corrected chi connectivity index (χ1v) is 6.03. The van der Waals surface area contributed by atoms with Crippen molar-refractivity contribution in [3.05, 3.63) is 71.8 Å². The van der Waals surface area contributed by atoms with Gasteiger partial charge in [0.15, 0.2) is 0 Å². The van der Waals surface area contributed by atoms with Crippen molar-refractivity contribution in [2.75, 3.05) is 6.61 Å². The summed E-state index contributed by atoms with van der Waals surface area (Å²) in [5, 5.41) is 9.61. The van der Waals surface area contributed by atoms with Gasteiger partial charge in [0.1, 0.15) is 0 Å². The molecule has 0 aliphatic rings. The molecule has 0 saturated heterocycles. The third kappa shape index (κ3) is 2.75. The van der Waals surface area contributed by atoms with Crippen LogP contribution in [-0.4, -0.2) is 11.7 Å². The molecule has 0 aliphatic carbocycles. The Balaban J connectivity index is 2.25. The number of aliphatic hydroxyl groups excluding tert-OH is 1. The molecule has 0 fully saturated rings. The molecule has 0 aromatic heterocycles. The minimum Gasteiger partial charge on any atom is -0.396 e. The summed E-state index contributed by atoms with van der Waals surface area (Å²) in [5.41, 5.74) is 2.47. The second-order valence-corrected chi connectivity index (χ2v) is 4.40. The van der Waals surface area contributed by atoms with Crippen molar-refractivity contribution in [2.24, 2.45) is 0 Å². The molecule has 2 rings (SSSR count). The lowest BCUT2D eigenvalue weighted by molar-refractivity contribution is 0.251. The number of rotatable bonds is 4. The topological polar surface area (TPSA) is 20.2 Å². The molecule has 88 valence electrons. The lowest BCUT2D eigenvalue weighted by Crippen LogP contribution is -2.12. The predicted molar refractivity (Wildman–Crippen MR) is 71.1 cm³/mol. The quantitative estimate of drug-likeness (QED) is 0.845. The first kappa shape index (κ1) is 11.9. The van der Waals surface area contributed by atoms with Crippen molar-refractivity contribution in [3.63, 3.8) is 0 Å². The van der Waals surface area contributed by atoms with E-state index < -0.39 is 0 Å². The summed E-state index contributed by atoms with van der Waals surface area (Å²) >= 11 is 0. The highest BCUT2D eigenvalue weighted by atomic mass is 16.3. The largest absolute Gasteiger partial charge is 0.396 e. The van der Waals surface area contributed by atoms with Gasteiger partial charge in [0, 0.05) is 5.92 Å². The molecule has 0 spiro atoms. The van der Waals surface area contributed by atoms with E-state index >= 15 is 0 Å². The third-order valence-corrected chi connectivity index (χ3v) is 3.35. The van der Waals surface area contributed by atoms with Crippen LogP contribution in [0.5, 0.6) is 0 Å². The Kier molecular flexibility index (Phi) is 3.94. The van der Waals surface area contributed by atoms with E-state index in [0.717, 1.165) is 0 Å². The second-order valence-electron chi connectivity index (χ2n) is 4.40. The Morgan fingerprint density at radius 3 is 1.76 bits per heavy atom. The van der Waals surface area contributed by atoms with E-state index in [1.54, 1.807) is 0 Å². The maximum atomic E-state index is 9.61. The van der Waals surface area contributed by atoms with Gasteiger partial charge in [-0.2, -0.15) is 0 Å². The molecule has 1 N–H and O–H groups in total. The van der Waals surface area contributed by atoms with Gasteiger partial charge in [0.05, 0.1) is 6.61 Å². The van der Waals surface area contributed by atoms with Crippen LogP contribution < -0.4 is 0 Å². The Morgan fingerprint density at radius 1 is 0.824 bits per heavy atom. The molecule has 0 saturated carbocycles. The predicted octanol–water partition coefficient (Wildman–Crippen LogP) is 3.57. The molecule has 0 heterocycles. The molecule has 0 aliphatic heterocycles. The monoisotopic (exact) mass is 226 g/mol. The van der Waals surface area contributed by atoms with E-state index in [1.807, 2.05) is 36.4 Å². The van der Waals surface area contributed by atoms with Crippen molar-refractivity contribution in [3.8, 4) is 0 Å². The summed E-state index contributed by atoms with van der Waals surface area (Å²) < 4.78 is 0. The van der Waals surface area contributed by atoms with Gasteiger partial charge < -0.3 is 5.11 Å². The van der Waals surface area contributed by atoms with E-state index in [4.69, 9.17) is 0 Å². The Bertz CT molecular complexity index is 436. The van der Waals surface area contributed by atoms with Gasteiger partial charge in [-0.15, -0.1) is 0 Å². The van der Waals surface area contributed by atoms with Crippen LogP contribution in [0.2, 0.25) is 0 Å². The molecule has 1 nitrogen and oxygen atoms in total. The molecular weight excluding hydrogens is 208 g/mol. The highest BCUT2D eigenvalue weighted by molar-refractivity contribution is 5.28. The zero-order valence-corrected chi connectivity index (χ0v) is 10.1. The van der Waals surface area contributed by atoms with Gasteiger partial charge in [-0.3, -0.25) is 0 Å². The summed E-state index contributed by atoms with van der Waals surface area (Å²) in [4.78, 5) is 0. The van der Waals surface area contributed by atoms with E-state index in [0.29, 0.717) is 5.92 Å². The molecular formula is C16H18O. The fourth-order valence-corrected chi connectivity index (χ4v) is 2.24. The number of benzene rings is 2. The van der Waals surface area contributed by atoms with Gasteiger partial charge in [-0.05, 0) is 17.0 Å². The van der Waals surface area contributed by atoms with Gasteiger partial charge >= 0.3 is 0 Å². The maximum Gasteiger partial charge on any atom is 0.0505 e. The van der Waals surface area contributed by atoms with Crippen LogP contribution in [0.1, 0.15) is 29.9 Å². The van der Waals surface area contributed by atoms with Crippen LogP contribution in [0, 0.1) is 0 Å². The van der Waals surface area contributed by atoms with E-state index in [2.05, 4.69) is 31.2 Å². The molecule has 0 radical (unpaired) electrons. The maximum absolute atomic E-state index is 9.61. The molecule has 0 unspecified atom stereocenters. The molecule has 1 heteroatoms. The van der Waals surface area contributed by atoms with Crippen LogP contribution in [0.25, 0.3) is 0 Å². The molecule has 2 aromatic carbocycles. The fourth-order valence-electron chi connectivity index (χ4n) is 2.24. The summed E-state index contributed by atoms with van der Waals surface area (Å²) in [6, 6.07) is 20.6. The first-order chi connectivity index (χ1) is 8.33. The molecule has 0 bridgehead atoms. The highest BCUT2D eigenvalue weighted by Crippen LogP contribution is 2.31. The van der Waals surface area contributed by atoms with Crippen molar-refractivity contribution in [1.82, 2.24) is 0 Å². The van der Waals surface area contributed by atoms with Gasteiger partial charge in [-0.1, -0.05) is 67.6 Å². The lowest BCUT2D eigenvalue weighted by Gasteiger charge is -2.22. The zero-order chi connectivity index (χ0) is 12.1. The average Bonchev–Trinajstić information content (AvgIpc) is 2.42. The summed E-state index contributed by atoms with van der Waals surface area (Å²) in [7, 11) is 0. The van der Waals surface area contributed by atoms with Crippen molar-refractivity contribution >= 4 is 0 Å². The Labute approximate surface area is 103 Å². The smallest absolute Gasteiger partial charge is 0.0505 e. The minimum absolute atomic E-state index is 0.165. The van der Waals surface area contributed by atoms with Crippen molar-refractivity contribution in [2.45, 2.75) is 18.8 Å². The number of hydrogen-bond acceptors (Lipinski definition) is 1. The number of aliphatic hydroxyl groups is 1. The van der Waals surface area contributed by atoms with Gasteiger partial charge in [0.2, 0.25) is 0 Å². The fraction of sp³-hybridized carbons (Fsp3) is 0.250. The summed E-state index contributed by atoms with van der Waals surface area (Å²) in [6.07, 6.45) is 0. The highest BCUT2D eigenvalue weighted by Gasteiger charge is 2.19. The van der Waals surface area contributed by atoms with Gasteiger partial charge in [-0.25, -0.2) is 0 Å². The minimum atomic E-state index is 0.165. The molecule has 2 aromatic rings. The molecule has 0 amide bonds. The van der Waals surface area contributed by atoms with Gasteiger partial charge in [0.25, 0.3) is 0 Å². The van der Waals surface area contributed by atoms with Crippen LogP contribution >= 0.6 is 0 Å². The second kappa shape index (κ2) is 5.65. The molecule has 2 atom stereocenters. The Morgan fingerprint density at radius 2 is 1.29 bits per heavy atom. The average molecular weight is 226 g/mol. The van der Waals surface area contributed by atoms with E-state index in [9.17, 15) is 5.11 Å². The normalized spacial score (nSPS) is 14.2. The van der Waals surface area contributed by atoms with Crippen LogP contribution in [0.15, 0.2) is 60.7 Å². The van der Waals surface area contributed by atoms with Crippen LogP contribution in [0.4, 0.5) is 0 Å². The standard InChI is InChI=1S/C16H18O/c1-13(14-8-4-2-5-9-14)16(12-17)15-10-6-3-7-11-15/h2-11,13,16-17H,12H2,1H3/t13-,16-/m1/s1. The van der Waals surface area contributed by atoms with Crippen molar-refractivity contribution in [1.29, 1.82) is 0 Å². The van der Waals surface area contributed by atoms with Crippen LogP contribution in [0.3, 0.4) is 0 Å².